The number of fused-ring (bicyclic) bond motifs is 1. The third kappa shape index (κ3) is 3.55. The number of benzene rings is 1. The SMILES string of the molecule is Cn1c(=O)sc2cc(CCCNC3CCCCC3)ccc21. The van der Waals surface area contributed by atoms with Gasteiger partial charge in [-0.05, 0) is 49.9 Å². The minimum absolute atomic E-state index is 0.126. The molecule has 1 aromatic carbocycles. The minimum atomic E-state index is 0.126. The van der Waals surface area contributed by atoms with E-state index in [4.69, 9.17) is 0 Å². The summed E-state index contributed by atoms with van der Waals surface area (Å²) in [4.78, 5) is 11.8. The van der Waals surface area contributed by atoms with Crippen LogP contribution in [0.5, 0.6) is 0 Å². The predicted molar refractivity (Wildman–Crippen MR) is 90.3 cm³/mol. The Kier molecular flexibility index (Phi) is 4.76. The van der Waals surface area contributed by atoms with Gasteiger partial charge in [0.25, 0.3) is 0 Å². The van der Waals surface area contributed by atoms with Gasteiger partial charge < -0.3 is 9.88 Å². The van der Waals surface area contributed by atoms with Crippen LogP contribution in [-0.4, -0.2) is 17.2 Å². The van der Waals surface area contributed by atoms with Crippen molar-refractivity contribution in [3.8, 4) is 0 Å². The van der Waals surface area contributed by atoms with E-state index < -0.39 is 0 Å². The van der Waals surface area contributed by atoms with Crippen LogP contribution in [0.3, 0.4) is 0 Å². The molecule has 0 radical (unpaired) electrons. The van der Waals surface area contributed by atoms with Crippen molar-refractivity contribution in [1.29, 1.82) is 0 Å². The summed E-state index contributed by atoms with van der Waals surface area (Å²) >= 11 is 1.35. The largest absolute Gasteiger partial charge is 0.314 e. The molecule has 21 heavy (non-hydrogen) atoms. The van der Waals surface area contributed by atoms with Crippen molar-refractivity contribution in [3.05, 3.63) is 33.4 Å². The molecular weight excluding hydrogens is 280 g/mol. The van der Waals surface area contributed by atoms with Crippen LogP contribution in [0.15, 0.2) is 23.0 Å². The number of nitrogens with one attached hydrogen (secondary N) is 1. The third-order valence-corrected chi connectivity index (χ3v) is 5.53. The Bertz CT molecular complexity index is 652. The molecule has 1 aromatic heterocycles. The molecule has 1 aliphatic rings. The number of nitrogens with zero attached hydrogens (tertiary/aromatic N) is 1. The molecule has 0 amide bonds. The van der Waals surface area contributed by atoms with Crippen LogP contribution in [0.2, 0.25) is 0 Å². The lowest BCUT2D eigenvalue weighted by atomic mass is 9.95. The number of hydrogen-bond donors (Lipinski definition) is 1. The van der Waals surface area contributed by atoms with Crippen molar-refractivity contribution in [2.24, 2.45) is 7.05 Å². The van der Waals surface area contributed by atoms with Crippen molar-refractivity contribution in [1.82, 2.24) is 9.88 Å². The Balaban J connectivity index is 1.52. The van der Waals surface area contributed by atoms with Crippen LogP contribution in [0, 0.1) is 0 Å². The third-order valence-electron chi connectivity index (χ3n) is 4.54. The Morgan fingerprint density at radius 2 is 2.10 bits per heavy atom. The maximum atomic E-state index is 11.7. The molecule has 0 aliphatic heterocycles. The number of aryl methyl sites for hydroxylation is 2. The average molecular weight is 304 g/mol. The van der Waals surface area contributed by atoms with E-state index in [-0.39, 0.29) is 4.87 Å². The predicted octanol–water partition coefficient (Wildman–Crippen LogP) is 3.45. The van der Waals surface area contributed by atoms with E-state index in [2.05, 4.69) is 23.5 Å². The summed E-state index contributed by atoms with van der Waals surface area (Å²) < 4.78 is 2.84. The summed E-state index contributed by atoms with van der Waals surface area (Å²) in [6.07, 6.45) is 9.16. The van der Waals surface area contributed by atoms with Gasteiger partial charge in [-0.3, -0.25) is 4.79 Å². The molecular formula is C17H24N2OS. The molecule has 4 heteroatoms. The van der Waals surface area contributed by atoms with Crippen LogP contribution in [0.4, 0.5) is 0 Å². The molecule has 114 valence electrons. The molecule has 0 atom stereocenters. The van der Waals surface area contributed by atoms with Gasteiger partial charge in [0.05, 0.1) is 10.2 Å². The molecule has 1 N–H and O–H groups in total. The molecule has 3 rings (SSSR count). The summed E-state index contributed by atoms with van der Waals surface area (Å²) in [5, 5.41) is 3.69. The molecule has 0 bridgehead atoms. The van der Waals surface area contributed by atoms with Crippen LogP contribution in [0.1, 0.15) is 44.1 Å². The van der Waals surface area contributed by atoms with Crippen LogP contribution < -0.4 is 10.2 Å². The second-order valence-corrected chi connectivity index (χ2v) is 7.11. The van der Waals surface area contributed by atoms with Gasteiger partial charge in [-0.1, -0.05) is 36.7 Å². The molecule has 0 spiro atoms. The van der Waals surface area contributed by atoms with Crippen molar-refractivity contribution < 1.29 is 0 Å². The van der Waals surface area contributed by atoms with E-state index in [1.54, 1.807) is 4.57 Å². The zero-order valence-electron chi connectivity index (χ0n) is 12.7. The Morgan fingerprint density at radius 1 is 1.29 bits per heavy atom. The number of hydrogen-bond acceptors (Lipinski definition) is 3. The zero-order valence-corrected chi connectivity index (χ0v) is 13.5. The van der Waals surface area contributed by atoms with Crippen molar-refractivity contribution in [3.63, 3.8) is 0 Å². The fourth-order valence-electron chi connectivity index (χ4n) is 3.24. The summed E-state index contributed by atoms with van der Waals surface area (Å²) in [5.74, 6) is 0. The molecule has 1 fully saturated rings. The quantitative estimate of drug-likeness (QED) is 0.858. The highest BCUT2D eigenvalue weighted by atomic mass is 32.1. The first-order valence-electron chi connectivity index (χ1n) is 8.06. The maximum Gasteiger partial charge on any atom is 0.307 e. The highest BCUT2D eigenvalue weighted by Crippen LogP contribution is 2.19. The minimum Gasteiger partial charge on any atom is -0.314 e. The Hall–Kier alpha value is -1.13. The van der Waals surface area contributed by atoms with Crippen LogP contribution >= 0.6 is 11.3 Å². The first-order chi connectivity index (χ1) is 10.2. The zero-order chi connectivity index (χ0) is 14.7. The summed E-state index contributed by atoms with van der Waals surface area (Å²) in [6, 6.07) is 7.18. The monoisotopic (exact) mass is 304 g/mol. The Morgan fingerprint density at radius 3 is 2.90 bits per heavy atom. The lowest BCUT2D eigenvalue weighted by Crippen LogP contribution is -2.31. The molecule has 1 saturated carbocycles. The van der Waals surface area contributed by atoms with Gasteiger partial charge >= 0.3 is 4.87 Å². The lowest BCUT2D eigenvalue weighted by Gasteiger charge is -2.22. The van der Waals surface area contributed by atoms with Gasteiger partial charge in [0.1, 0.15) is 0 Å². The van der Waals surface area contributed by atoms with E-state index in [0.717, 1.165) is 29.2 Å². The summed E-state index contributed by atoms with van der Waals surface area (Å²) in [5.41, 5.74) is 2.39. The molecule has 0 unspecified atom stereocenters. The fraction of sp³-hybridized carbons (Fsp3) is 0.588. The van der Waals surface area contributed by atoms with E-state index in [9.17, 15) is 4.79 Å². The second kappa shape index (κ2) is 6.75. The van der Waals surface area contributed by atoms with Crippen LogP contribution in [-0.2, 0) is 13.5 Å². The lowest BCUT2D eigenvalue weighted by molar-refractivity contribution is 0.372. The first-order valence-corrected chi connectivity index (χ1v) is 8.87. The number of thiazole rings is 1. The number of rotatable bonds is 5. The van der Waals surface area contributed by atoms with E-state index in [0.29, 0.717) is 0 Å². The maximum absolute atomic E-state index is 11.7. The smallest absolute Gasteiger partial charge is 0.307 e. The van der Waals surface area contributed by atoms with E-state index in [1.165, 1.54) is 55.4 Å². The Labute approximate surface area is 130 Å². The topological polar surface area (TPSA) is 34.0 Å². The van der Waals surface area contributed by atoms with Gasteiger partial charge in [-0.2, -0.15) is 0 Å². The first kappa shape index (κ1) is 14.8. The summed E-state index contributed by atoms with van der Waals surface area (Å²) in [7, 11) is 1.84. The van der Waals surface area contributed by atoms with E-state index >= 15 is 0 Å². The van der Waals surface area contributed by atoms with Crippen molar-refractivity contribution in [2.45, 2.75) is 51.0 Å². The van der Waals surface area contributed by atoms with Gasteiger partial charge in [0.15, 0.2) is 0 Å². The van der Waals surface area contributed by atoms with Crippen molar-refractivity contribution in [2.75, 3.05) is 6.54 Å². The summed E-state index contributed by atoms with van der Waals surface area (Å²) in [6.45, 7) is 1.10. The highest BCUT2D eigenvalue weighted by molar-refractivity contribution is 7.16. The standard InChI is InChI=1S/C17H24N2OS/c1-19-15-10-9-13(12-16(15)21-17(19)20)6-5-11-18-14-7-3-2-4-8-14/h9-10,12,14,18H,2-8,11H2,1H3. The normalized spacial score (nSPS) is 16.6. The molecule has 0 saturated heterocycles. The second-order valence-electron chi connectivity index (χ2n) is 6.12. The van der Waals surface area contributed by atoms with Crippen molar-refractivity contribution >= 4 is 21.6 Å². The molecule has 2 aromatic rings. The van der Waals surface area contributed by atoms with E-state index in [1.807, 2.05) is 7.05 Å². The highest BCUT2D eigenvalue weighted by Gasteiger charge is 2.11. The molecule has 3 nitrogen and oxygen atoms in total. The van der Waals surface area contributed by atoms with Gasteiger partial charge in [-0.15, -0.1) is 0 Å². The fourth-order valence-corrected chi connectivity index (χ4v) is 4.18. The van der Waals surface area contributed by atoms with Gasteiger partial charge in [0.2, 0.25) is 0 Å². The molecule has 1 aliphatic carbocycles. The number of aromatic nitrogens is 1. The van der Waals surface area contributed by atoms with Gasteiger partial charge in [-0.25, -0.2) is 0 Å². The molecule has 1 heterocycles. The average Bonchev–Trinajstić information content (AvgIpc) is 2.79. The van der Waals surface area contributed by atoms with Gasteiger partial charge in [0, 0.05) is 13.1 Å². The van der Waals surface area contributed by atoms with Crippen LogP contribution in [0.25, 0.3) is 10.2 Å².